The Hall–Kier alpha value is -1.23. The van der Waals surface area contributed by atoms with Crippen LogP contribution < -0.4 is 0 Å². The lowest BCUT2D eigenvalue weighted by Gasteiger charge is -2.46. The Morgan fingerprint density at radius 3 is 2.82 bits per heavy atom. The zero-order chi connectivity index (χ0) is 12.4. The summed E-state index contributed by atoms with van der Waals surface area (Å²) in [5, 5.41) is 0. The molecule has 2 bridgehead atoms. The van der Waals surface area contributed by atoms with Crippen LogP contribution in [0.2, 0.25) is 0 Å². The first-order valence-electron chi connectivity index (χ1n) is 6.08. The Bertz CT molecular complexity index is 328. The van der Waals surface area contributed by atoms with Gasteiger partial charge in [0.1, 0.15) is 12.6 Å². The van der Waals surface area contributed by atoms with E-state index in [1.165, 1.54) is 5.70 Å². The number of piperazine rings is 1. The number of fused-ring (bicyclic) bond motifs is 2. The van der Waals surface area contributed by atoms with Gasteiger partial charge in [0.2, 0.25) is 0 Å². The van der Waals surface area contributed by atoms with Crippen molar-refractivity contribution in [1.29, 1.82) is 0 Å². The molecule has 0 amide bonds. The van der Waals surface area contributed by atoms with E-state index in [0.717, 1.165) is 26.2 Å². The van der Waals surface area contributed by atoms with Gasteiger partial charge in [-0.2, -0.15) is 0 Å². The summed E-state index contributed by atoms with van der Waals surface area (Å²) in [6, 6.07) is -0.116. The molecule has 5 heteroatoms. The van der Waals surface area contributed by atoms with E-state index in [1.54, 1.807) is 0 Å². The number of ether oxygens (including phenoxy) is 1. The molecule has 0 spiro atoms. The maximum Gasteiger partial charge on any atom is 0.330 e. The summed E-state index contributed by atoms with van der Waals surface area (Å²) in [5.74, 6) is -0.0969. The highest BCUT2D eigenvalue weighted by Crippen LogP contribution is 2.22. The lowest BCUT2D eigenvalue weighted by atomic mass is 10.1. The molecule has 0 aromatic rings. The summed E-state index contributed by atoms with van der Waals surface area (Å²) in [7, 11) is 3.94. The zero-order valence-electron chi connectivity index (χ0n) is 10.8. The molecule has 96 valence electrons. The van der Waals surface area contributed by atoms with Crippen LogP contribution in [-0.2, 0) is 9.53 Å². The van der Waals surface area contributed by atoms with Gasteiger partial charge in [-0.25, -0.2) is 4.79 Å². The van der Waals surface area contributed by atoms with Gasteiger partial charge in [0.05, 0.1) is 0 Å². The highest BCUT2D eigenvalue weighted by Gasteiger charge is 2.35. The topological polar surface area (TPSA) is 36.0 Å². The van der Waals surface area contributed by atoms with Crippen molar-refractivity contribution in [2.45, 2.75) is 13.0 Å². The van der Waals surface area contributed by atoms with Crippen molar-refractivity contribution in [2.75, 3.05) is 46.9 Å². The smallest absolute Gasteiger partial charge is 0.330 e. The molecule has 3 aliphatic heterocycles. The quantitative estimate of drug-likeness (QED) is 0.643. The highest BCUT2D eigenvalue weighted by atomic mass is 16.5. The summed E-state index contributed by atoms with van der Waals surface area (Å²) < 4.78 is 5.30. The van der Waals surface area contributed by atoms with Crippen LogP contribution in [-0.4, -0.2) is 73.6 Å². The number of hydrogen-bond acceptors (Lipinski definition) is 5. The number of allylic oxidation sites excluding steroid dienone is 1. The highest BCUT2D eigenvalue weighted by molar-refractivity contribution is 5.76. The number of nitrogens with zero attached hydrogens (tertiary/aromatic N) is 3. The Morgan fingerprint density at radius 2 is 2.29 bits per heavy atom. The number of rotatable bonds is 4. The monoisotopic (exact) mass is 239 g/mol. The molecule has 3 rings (SSSR count). The first-order chi connectivity index (χ1) is 8.08. The second-order valence-corrected chi connectivity index (χ2v) is 4.94. The maximum atomic E-state index is 11.9. The molecule has 0 saturated carbocycles. The molecule has 0 aliphatic carbocycles. The third-order valence-corrected chi connectivity index (χ3v) is 3.33. The third-order valence-electron chi connectivity index (χ3n) is 3.33. The minimum Gasteiger partial charge on any atom is -0.463 e. The van der Waals surface area contributed by atoms with Crippen LogP contribution in [0.1, 0.15) is 6.92 Å². The van der Waals surface area contributed by atoms with Crippen molar-refractivity contribution in [2.24, 2.45) is 0 Å². The largest absolute Gasteiger partial charge is 0.463 e. The predicted molar refractivity (Wildman–Crippen MR) is 65.3 cm³/mol. The molecule has 1 saturated heterocycles. The molecule has 1 fully saturated rings. The SMILES string of the molecule is CC1=CN2CCN1CC2C(=O)OCCN(C)C. The molecule has 3 heterocycles. The van der Waals surface area contributed by atoms with Crippen LogP contribution >= 0.6 is 0 Å². The maximum absolute atomic E-state index is 11.9. The standard InChI is InChI=1S/C12H21N3O2/c1-10-8-15-5-4-14(10)9-11(15)12(16)17-7-6-13(2)3/h8,11H,4-7,9H2,1-3H3. The molecular weight excluding hydrogens is 218 g/mol. The molecule has 1 unspecified atom stereocenters. The van der Waals surface area contributed by atoms with E-state index >= 15 is 0 Å². The number of likely N-dealkylation sites (N-methyl/N-ethyl adjacent to an activating group) is 1. The molecule has 5 nitrogen and oxygen atoms in total. The molecule has 0 radical (unpaired) electrons. The number of esters is 1. The van der Waals surface area contributed by atoms with Gasteiger partial charge in [-0.05, 0) is 21.0 Å². The minimum atomic E-state index is -0.116. The fourth-order valence-corrected chi connectivity index (χ4v) is 2.23. The van der Waals surface area contributed by atoms with Crippen LogP contribution in [0, 0.1) is 0 Å². The molecule has 1 atom stereocenters. The van der Waals surface area contributed by atoms with E-state index < -0.39 is 0 Å². The number of carbonyl (C=O) groups excluding carboxylic acids is 1. The first-order valence-corrected chi connectivity index (χ1v) is 6.08. The molecule has 0 N–H and O–H groups in total. The fraction of sp³-hybridized carbons (Fsp3) is 0.750. The second kappa shape index (κ2) is 4.96. The van der Waals surface area contributed by atoms with Crippen LogP contribution in [0.3, 0.4) is 0 Å². The molecule has 0 aromatic heterocycles. The third kappa shape index (κ3) is 2.72. The Kier molecular flexibility index (Phi) is 3.57. The average molecular weight is 239 g/mol. The second-order valence-electron chi connectivity index (χ2n) is 4.94. The van der Waals surface area contributed by atoms with Crippen molar-refractivity contribution in [3.63, 3.8) is 0 Å². The van der Waals surface area contributed by atoms with Crippen LogP contribution in [0.4, 0.5) is 0 Å². The van der Waals surface area contributed by atoms with Crippen molar-refractivity contribution in [3.8, 4) is 0 Å². The van der Waals surface area contributed by atoms with E-state index in [4.69, 9.17) is 4.74 Å². The first kappa shape index (κ1) is 12.2. The van der Waals surface area contributed by atoms with Gasteiger partial charge < -0.3 is 19.4 Å². The van der Waals surface area contributed by atoms with Gasteiger partial charge in [-0.3, -0.25) is 0 Å². The summed E-state index contributed by atoms with van der Waals surface area (Å²) >= 11 is 0. The molecular formula is C12H21N3O2. The predicted octanol–water partition coefficient (Wildman–Crippen LogP) is -0.0477. The van der Waals surface area contributed by atoms with Crippen molar-refractivity contribution >= 4 is 5.97 Å². The van der Waals surface area contributed by atoms with Crippen molar-refractivity contribution < 1.29 is 9.53 Å². The van der Waals surface area contributed by atoms with E-state index in [-0.39, 0.29) is 12.0 Å². The summed E-state index contributed by atoms with van der Waals surface area (Å²) in [6.45, 7) is 6.04. The number of hydrogen-bond donors (Lipinski definition) is 0. The minimum absolute atomic E-state index is 0.0969. The molecule has 3 aliphatic rings. The fourth-order valence-electron chi connectivity index (χ4n) is 2.23. The van der Waals surface area contributed by atoms with Gasteiger partial charge in [0.25, 0.3) is 0 Å². The van der Waals surface area contributed by atoms with E-state index in [2.05, 4.69) is 22.9 Å². The lowest BCUT2D eigenvalue weighted by molar-refractivity contribution is -0.152. The summed E-state index contributed by atoms with van der Waals surface area (Å²) in [5.41, 5.74) is 1.24. The zero-order valence-corrected chi connectivity index (χ0v) is 10.8. The number of carbonyl (C=O) groups is 1. The van der Waals surface area contributed by atoms with Gasteiger partial charge in [0.15, 0.2) is 0 Å². The Labute approximate surface area is 103 Å². The van der Waals surface area contributed by atoms with Gasteiger partial charge >= 0.3 is 5.97 Å². The lowest BCUT2D eigenvalue weighted by Crippen LogP contribution is -2.57. The Morgan fingerprint density at radius 1 is 1.53 bits per heavy atom. The normalized spacial score (nSPS) is 23.1. The van der Waals surface area contributed by atoms with Crippen molar-refractivity contribution in [3.05, 3.63) is 11.9 Å². The van der Waals surface area contributed by atoms with E-state index in [9.17, 15) is 4.79 Å². The van der Waals surface area contributed by atoms with E-state index in [0.29, 0.717) is 6.61 Å². The Balaban J connectivity index is 1.85. The van der Waals surface area contributed by atoms with Gasteiger partial charge in [-0.1, -0.05) is 0 Å². The van der Waals surface area contributed by atoms with E-state index in [1.807, 2.05) is 19.0 Å². The van der Waals surface area contributed by atoms with Crippen LogP contribution in [0.5, 0.6) is 0 Å². The average Bonchev–Trinajstić information content (AvgIpc) is 2.28. The molecule has 0 aromatic carbocycles. The molecule has 17 heavy (non-hydrogen) atoms. The van der Waals surface area contributed by atoms with Crippen LogP contribution in [0.25, 0.3) is 0 Å². The van der Waals surface area contributed by atoms with Gasteiger partial charge in [-0.15, -0.1) is 0 Å². The van der Waals surface area contributed by atoms with Crippen LogP contribution in [0.15, 0.2) is 11.9 Å². The van der Waals surface area contributed by atoms with Crippen molar-refractivity contribution in [1.82, 2.24) is 14.7 Å². The summed E-state index contributed by atoms with van der Waals surface area (Å²) in [4.78, 5) is 18.3. The summed E-state index contributed by atoms with van der Waals surface area (Å²) in [6.07, 6.45) is 2.06. The van der Waals surface area contributed by atoms with Gasteiger partial charge in [0, 0.05) is 38.1 Å².